The first-order chi connectivity index (χ1) is 8.65. The Hall–Kier alpha value is -1.81. The minimum atomic E-state index is -0.998. The monoisotopic (exact) mass is 244 g/mol. The second-order valence-corrected chi connectivity index (χ2v) is 4.75. The largest absolute Gasteiger partial charge is 0.497 e. The van der Waals surface area contributed by atoms with Crippen molar-refractivity contribution in [2.24, 2.45) is 7.05 Å². The third-order valence-corrected chi connectivity index (χ3v) is 3.71. The SMILES string of the molecule is COc1ccc2c(c1)C(O)(c1nccn1C)CC2. The van der Waals surface area contributed by atoms with Crippen LogP contribution < -0.4 is 4.74 Å². The number of aryl methyl sites for hydroxylation is 2. The summed E-state index contributed by atoms with van der Waals surface area (Å²) in [4.78, 5) is 4.30. The van der Waals surface area contributed by atoms with Crippen molar-refractivity contribution in [2.45, 2.75) is 18.4 Å². The average molecular weight is 244 g/mol. The first kappa shape index (κ1) is 11.3. The number of methoxy groups -OCH3 is 1. The van der Waals surface area contributed by atoms with Crippen LogP contribution in [0.4, 0.5) is 0 Å². The summed E-state index contributed by atoms with van der Waals surface area (Å²) in [5.41, 5.74) is 1.08. The number of benzene rings is 1. The molecule has 1 aliphatic carbocycles. The molecule has 0 amide bonds. The van der Waals surface area contributed by atoms with E-state index in [4.69, 9.17) is 4.74 Å². The number of hydrogen-bond acceptors (Lipinski definition) is 3. The van der Waals surface area contributed by atoms with Gasteiger partial charge in [-0.05, 0) is 36.1 Å². The molecule has 0 bridgehead atoms. The highest BCUT2D eigenvalue weighted by Crippen LogP contribution is 2.42. The molecule has 1 aromatic carbocycles. The Labute approximate surface area is 106 Å². The molecule has 3 rings (SSSR count). The van der Waals surface area contributed by atoms with Gasteiger partial charge in [-0.3, -0.25) is 0 Å². The van der Waals surface area contributed by atoms with E-state index < -0.39 is 5.60 Å². The summed E-state index contributed by atoms with van der Waals surface area (Å²) in [5, 5.41) is 11.0. The van der Waals surface area contributed by atoms with Gasteiger partial charge in [0, 0.05) is 19.4 Å². The Morgan fingerprint density at radius 3 is 2.94 bits per heavy atom. The van der Waals surface area contributed by atoms with Gasteiger partial charge in [0.25, 0.3) is 0 Å². The smallest absolute Gasteiger partial charge is 0.148 e. The van der Waals surface area contributed by atoms with E-state index in [9.17, 15) is 5.11 Å². The molecule has 0 saturated heterocycles. The topological polar surface area (TPSA) is 47.3 Å². The summed E-state index contributed by atoms with van der Waals surface area (Å²) in [6.07, 6.45) is 5.10. The fourth-order valence-electron chi connectivity index (χ4n) is 2.73. The Bertz CT molecular complexity index is 591. The van der Waals surface area contributed by atoms with Crippen LogP contribution in [0, 0.1) is 0 Å². The maximum atomic E-state index is 11.0. The molecule has 0 radical (unpaired) electrons. The van der Waals surface area contributed by atoms with E-state index in [1.54, 1.807) is 13.3 Å². The Morgan fingerprint density at radius 1 is 1.44 bits per heavy atom. The number of fused-ring (bicyclic) bond motifs is 1. The minimum absolute atomic E-state index is 0.667. The molecule has 0 saturated carbocycles. The second-order valence-electron chi connectivity index (χ2n) is 4.75. The molecule has 1 aromatic heterocycles. The summed E-state index contributed by atoms with van der Waals surface area (Å²) in [5.74, 6) is 1.46. The van der Waals surface area contributed by atoms with E-state index in [1.165, 1.54) is 5.56 Å². The summed E-state index contributed by atoms with van der Waals surface area (Å²) < 4.78 is 7.11. The molecule has 4 heteroatoms. The van der Waals surface area contributed by atoms with Gasteiger partial charge >= 0.3 is 0 Å². The maximum Gasteiger partial charge on any atom is 0.148 e. The average Bonchev–Trinajstić information content (AvgIpc) is 2.95. The number of aliphatic hydroxyl groups is 1. The molecule has 18 heavy (non-hydrogen) atoms. The van der Waals surface area contributed by atoms with E-state index >= 15 is 0 Å². The first-order valence-electron chi connectivity index (χ1n) is 6.03. The lowest BCUT2D eigenvalue weighted by atomic mass is 9.95. The van der Waals surface area contributed by atoms with Crippen LogP contribution in [0.5, 0.6) is 5.75 Å². The lowest BCUT2D eigenvalue weighted by Crippen LogP contribution is -2.27. The normalized spacial score (nSPS) is 21.9. The predicted molar refractivity (Wildman–Crippen MR) is 67.5 cm³/mol. The van der Waals surface area contributed by atoms with Crippen LogP contribution in [0.1, 0.15) is 23.4 Å². The number of rotatable bonds is 2. The van der Waals surface area contributed by atoms with E-state index in [-0.39, 0.29) is 0 Å². The van der Waals surface area contributed by atoms with Gasteiger partial charge in [0.1, 0.15) is 17.2 Å². The zero-order valence-corrected chi connectivity index (χ0v) is 10.6. The van der Waals surface area contributed by atoms with Crippen LogP contribution >= 0.6 is 0 Å². The summed E-state index contributed by atoms with van der Waals surface area (Å²) in [6, 6.07) is 5.87. The fraction of sp³-hybridized carbons (Fsp3) is 0.357. The summed E-state index contributed by atoms with van der Waals surface area (Å²) in [7, 11) is 3.54. The second kappa shape index (κ2) is 3.85. The lowest BCUT2D eigenvalue weighted by Gasteiger charge is -2.23. The number of ether oxygens (including phenoxy) is 1. The van der Waals surface area contributed by atoms with E-state index in [1.807, 2.05) is 36.0 Å². The minimum Gasteiger partial charge on any atom is -0.497 e. The van der Waals surface area contributed by atoms with Crippen molar-refractivity contribution in [3.05, 3.63) is 47.5 Å². The molecule has 1 heterocycles. The van der Waals surface area contributed by atoms with Gasteiger partial charge in [-0.1, -0.05) is 6.07 Å². The van der Waals surface area contributed by atoms with Crippen molar-refractivity contribution in [1.29, 1.82) is 0 Å². The Kier molecular flexibility index (Phi) is 2.41. The third-order valence-electron chi connectivity index (χ3n) is 3.71. The molecule has 4 nitrogen and oxygen atoms in total. The van der Waals surface area contributed by atoms with Crippen LogP contribution in [0.15, 0.2) is 30.6 Å². The maximum absolute atomic E-state index is 11.0. The van der Waals surface area contributed by atoms with Crippen molar-refractivity contribution in [1.82, 2.24) is 9.55 Å². The van der Waals surface area contributed by atoms with Crippen LogP contribution in [-0.2, 0) is 19.1 Å². The lowest BCUT2D eigenvalue weighted by molar-refractivity contribution is 0.0702. The van der Waals surface area contributed by atoms with Crippen LogP contribution in [0.2, 0.25) is 0 Å². The van der Waals surface area contributed by atoms with Gasteiger partial charge < -0.3 is 14.4 Å². The molecule has 2 aromatic rings. The Balaban J connectivity index is 2.16. The van der Waals surface area contributed by atoms with Crippen molar-refractivity contribution in [2.75, 3.05) is 7.11 Å². The molecular formula is C14H16N2O2. The van der Waals surface area contributed by atoms with Crippen molar-refractivity contribution in [3.8, 4) is 5.75 Å². The van der Waals surface area contributed by atoms with Crippen LogP contribution in [0.3, 0.4) is 0 Å². The van der Waals surface area contributed by atoms with Gasteiger partial charge in [-0.25, -0.2) is 4.98 Å². The fourth-order valence-corrected chi connectivity index (χ4v) is 2.73. The zero-order chi connectivity index (χ0) is 12.8. The highest BCUT2D eigenvalue weighted by Gasteiger charge is 2.41. The zero-order valence-electron chi connectivity index (χ0n) is 10.6. The Morgan fingerprint density at radius 2 is 2.28 bits per heavy atom. The quantitative estimate of drug-likeness (QED) is 0.873. The van der Waals surface area contributed by atoms with E-state index in [0.29, 0.717) is 12.2 Å². The van der Waals surface area contributed by atoms with Gasteiger partial charge in [0.2, 0.25) is 0 Å². The molecular weight excluding hydrogens is 228 g/mol. The third kappa shape index (κ3) is 1.46. The standard InChI is InChI=1S/C14H16N2O2/c1-16-8-7-15-13(16)14(17)6-5-10-3-4-11(18-2)9-12(10)14/h3-4,7-9,17H,5-6H2,1-2H3. The molecule has 1 aliphatic rings. The van der Waals surface area contributed by atoms with Crippen LogP contribution in [0.25, 0.3) is 0 Å². The highest BCUT2D eigenvalue weighted by molar-refractivity contribution is 5.46. The van der Waals surface area contributed by atoms with Gasteiger partial charge in [-0.15, -0.1) is 0 Å². The molecule has 94 valence electrons. The summed E-state index contributed by atoms with van der Waals surface area (Å²) in [6.45, 7) is 0. The first-order valence-corrected chi connectivity index (χ1v) is 6.03. The van der Waals surface area contributed by atoms with Crippen LogP contribution in [-0.4, -0.2) is 21.8 Å². The van der Waals surface area contributed by atoms with Crippen molar-refractivity contribution >= 4 is 0 Å². The number of imidazole rings is 1. The van der Waals surface area contributed by atoms with E-state index in [2.05, 4.69) is 4.98 Å². The summed E-state index contributed by atoms with van der Waals surface area (Å²) >= 11 is 0. The predicted octanol–water partition coefficient (Wildman–Crippen LogP) is 1.61. The molecule has 0 spiro atoms. The highest BCUT2D eigenvalue weighted by atomic mass is 16.5. The van der Waals surface area contributed by atoms with Gasteiger partial charge in [0.15, 0.2) is 0 Å². The van der Waals surface area contributed by atoms with E-state index in [0.717, 1.165) is 17.7 Å². The molecule has 0 fully saturated rings. The molecule has 0 aliphatic heterocycles. The number of hydrogen-bond donors (Lipinski definition) is 1. The molecule has 1 unspecified atom stereocenters. The van der Waals surface area contributed by atoms with Gasteiger partial charge in [-0.2, -0.15) is 0 Å². The molecule has 1 N–H and O–H groups in total. The van der Waals surface area contributed by atoms with Gasteiger partial charge in [0.05, 0.1) is 7.11 Å². The van der Waals surface area contributed by atoms with Crippen molar-refractivity contribution < 1.29 is 9.84 Å². The number of nitrogens with zero attached hydrogens (tertiary/aromatic N) is 2. The molecule has 1 atom stereocenters. The van der Waals surface area contributed by atoms with Crippen molar-refractivity contribution in [3.63, 3.8) is 0 Å². The number of aromatic nitrogens is 2.